The Kier molecular flexibility index (Phi) is 5.87. The molecule has 82 valence electrons. The van der Waals surface area contributed by atoms with Gasteiger partial charge in [-0.15, -0.1) is 0 Å². The summed E-state index contributed by atoms with van der Waals surface area (Å²) in [6.45, 7) is 1.96. The summed E-state index contributed by atoms with van der Waals surface area (Å²) in [5.74, 6) is -0.749. The van der Waals surface area contributed by atoms with Gasteiger partial charge in [-0.3, -0.25) is 9.59 Å². The number of likely N-dealkylation sites (N-methyl/N-ethyl adjacent to an activating group) is 1. The second kappa shape index (κ2) is 6.37. The molecular formula is C9H19N3O2. The first kappa shape index (κ1) is 12.9. The minimum atomic E-state index is -0.524. The van der Waals surface area contributed by atoms with Gasteiger partial charge in [0.25, 0.3) is 0 Å². The molecule has 0 fully saturated rings. The zero-order valence-electron chi connectivity index (χ0n) is 8.82. The van der Waals surface area contributed by atoms with E-state index in [1.807, 2.05) is 6.92 Å². The Morgan fingerprint density at radius 3 is 2.43 bits per heavy atom. The number of primary amides is 1. The SMILES string of the molecule is CCCC[C@H](N)C(=O)N(C)CC(N)=O. The molecule has 0 saturated carbocycles. The Bertz CT molecular complexity index is 206. The number of amides is 2. The number of rotatable bonds is 6. The predicted octanol–water partition coefficient (Wildman–Crippen LogP) is -0.552. The average molecular weight is 201 g/mol. The van der Waals surface area contributed by atoms with Crippen LogP contribution >= 0.6 is 0 Å². The molecule has 0 aromatic rings. The number of nitrogens with zero attached hydrogens (tertiary/aromatic N) is 1. The Labute approximate surface area is 84.4 Å². The van der Waals surface area contributed by atoms with E-state index in [0.29, 0.717) is 6.42 Å². The van der Waals surface area contributed by atoms with E-state index in [0.717, 1.165) is 12.8 Å². The summed E-state index contributed by atoms with van der Waals surface area (Å²) in [6, 6.07) is -0.515. The van der Waals surface area contributed by atoms with E-state index in [-0.39, 0.29) is 12.5 Å². The van der Waals surface area contributed by atoms with Crippen LogP contribution in [0.15, 0.2) is 0 Å². The fraction of sp³-hybridized carbons (Fsp3) is 0.778. The van der Waals surface area contributed by atoms with E-state index in [1.165, 1.54) is 11.9 Å². The topological polar surface area (TPSA) is 89.4 Å². The fourth-order valence-corrected chi connectivity index (χ4v) is 1.14. The van der Waals surface area contributed by atoms with E-state index < -0.39 is 11.9 Å². The number of nitrogens with two attached hydrogens (primary N) is 2. The third-order valence-electron chi connectivity index (χ3n) is 1.96. The van der Waals surface area contributed by atoms with Crippen LogP contribution in [0.4, 0.5) is 0 Å². The normalized spacial score (nSPS) is 12.2. The molecular weight excluding hydrogens is 182 g/mol. The zero-order chi connectivity index (χ0) is 11.1. The molecule has 0 aliphatic heterocycles. The molecule has 0 heterocycles. The smallest absolute Gasteiger partial charge is 0.239 e. The first-order chi connectivity index (χ1) is 6.49. The molecule has 0 spiro atoms. The second-order valence-electron chi connectivity index (χ2n) is 3.41. The van der Waals surface area contributed by atoms with Crippen molar-refractivity contribution in [2.75, 3.05) is 13.6 Å². The highest BCUT2D eigenvalue weighted by Crippen LogP contribution is 2.00. The maximum Gasteiger partial charge on any atom is 0.239 e. The third-order valence-corrected chi connectivity index (χ3v) is 1.96. The minimum absolute atomic E-state index is 0.0708. The van der Waals surface area contributed by atoms with Crippen molar-refractivity contribution in [2.45, 2.75) is 32.2 Å². The highest BCUT2D eigenvalue weighted by molar-refractivity contribution is 5.86. The number of hydrogen-bond donors (Lipinski definition) is 2. The van der Waals surface area contributed by atoms with Gasteiger partial charge in [0.05, 0.1) is 12.6 Å². The van der Waals surface area contributed by atoms with Crippen LogP contribution in [0.2, 0.25) is 0 Å². The molecule has 0 aromatic heterocycles. The Hall–Kier alpha value is -1.10. The van der Waals surface area contributed by atoms with Crippen molar-refractivity contribution in [3.8, 4) is 0 Å². The van der Waals surface area contributed by atoms with Crippen LogP contribution < -0.4 is 11.5 Å². The zero-order valence-corrected chi connectivity index (χ0v) is 8.82. The van der Waals surface area contributed by atoms with Crippen LogP contribution in [0.3, 0.4) is 0 Å². The summed E-state index contributed by atoms with van der Waals surface area (Å²) in [5.41, 5.74) is 10.6. The summed E-state index contributed by atoms with van der Waals surface area (Å²) in [6.07, 6.45) is 2.57. The first-order valence-electron chi connectivity index (χ1n) is 4.77. The van der Waals surface area contributed by atoms with Crippen LogP contribution in [0, 0.1) is 0 Å². The van der Waals surface area contributed by atoms with Crippen LogP contribution in [0.1, 0.15) is 26.2 Å². The van der Waals surface area contributed by atoms with Crippen molar-refractivity contribution < 1.29 is 9.59 Å². The third kappa shape index (κ3) is 4.81. The van der Waals surface area contributed by atoms with Crippen molar-refractivity contribution in [3.05, 3.63) is 0 Å². The minimum Gasteiger partial charge on any atom is -0.368 e. The fourth-order valence-electron chi connectivity index (χ4n) is 1.14. The summed E-state index contributed by atoms with van der Waals surface area (Å²) < 4.78 is 0. The molecule has 0 bridgehead atoms. The van der Waals surface area contributed by atoms with E-state index in [9.17, 15) is 9.59 Å². The van der Waals surface area contributed by atoms with Gasteiger partial charge in [0.15, 0.2) is 0 Å². The Morgan fingerprint density at radius 1 is 1.43 bits per heavy atom. The molecule has 4 N–H and O–H groups in total. The molecule has 0 rings (SSSR count). The number of carbonyl (C=O) groups is 2. The molecule has 1 atom stereocenters. The van der Waals surface area contributed by atoms with E-state index >= 15 is 0 Å². The maximum atomic E-state index is 11.5. The van der Waals surface area contributed by atoms with Gasteiger partial charge < -0.3 is 16.4 Å². The van der Waals surface area contributed by atoms with Gasteiger partial charge >= 0.3 is 0 Å². The van der Waals surface area contributed by atoms with Crippen molar-refractivity contribution >= 4 is 11.8 Å². The lowest BCUT2D eigenvalue weighted by Gasteiger charge is -2.19. The quantitative estimate of drug-likeness (QED) is 0.604. The number of unbranched alkanes of at least 4 members (excludes halogenated alkanes) is 1. The summed E-state index contributed by atoms with van der Waals surface area (Å²) in [4.78, 5) is 23.3. The molecule has 14 heavy (non-hydrogen) atoms. The summed E-state index contributed by atoms with van der Waals surface area (Å²) >= 11 is 0. The molecule has 0 radical (unpaired) electrons. The Balaban J connectivity index is 3.97. The lowest BCUT2D eigenvalue weighted by Crippen LogP contribution is -2.44. The van der Waals surface area contributed by atoms with E-state index in [1.54, 1.807) is 0 Å². The summed E-state index contributed by atoms with van der Waals surface area (Å²) in [5, 5.41) is 0. The van der Waals surface area contributed by atoms with Gasteiger partial charge in [-0.05, 0) is 6.42 Å². The highest BCUT2D eigenvalue weighted by Gasteiger charge is 2.18. The van der Waals surface area contributed by atoms with Gasteiger partial charge in [-0.25, -0.2) is 0 Å². The van der Waals surface area contributed by atoms with Gasteiger partial charge in [0.1, 0.15) is 0 Å². The van der Waals surface area contributed by atoms with Gasteiger partial charge in [-0.1, -0.05) is 19.8 Å². The van der Waals surface area contributed by atoms with Crippen molar-refractivity contribution in [3.63, 3.8) is 0 Å². The van der Waals surface area contributed by atoms with Gasteiger partial charge in [0, 0.05) is 7.05 Å². The highest BCUT2D eigenvalue weighted by atomic mass is 16.2. The van der Waals surface area contributed by atoms with Crippen LogP contribution in [0.5, 0.6) is 0 Å². The lowest BCUT2D eigenvalue weighted by molar-refractivity contribution is -0.135. The van der Waals surface area contributed by atoms with Gasteiger partial charge in [0.2, 0.25) is 11.8 Å². The molecule has 0 unspecified atom stereocenters. The second-order valence-corrected chi connectivity index (χ2v) is 3.41. The molecule has 2 amide bonds. The van der Waals surface area contributed by atoms with Crippen molar-refractivity contribution in [1.29, 1.82) is 0 Å². The van der Waals surface area contributed by atoms with Crippen LogP contribution in [-0.4, -0.2) is 36.3 Å². The first-order valence-corrected chi connectivity index (χ1v) is 4.77. The molecule has 0 saturated heterocycles. The van der Waals surface area contributed by atoms with Crippen LogP contribution in [0.25, 0.3) is 0 Å². The predicted molar refractivity (Wildman–Crippen MR) is 54.3 cm³/mol. The molecule has 0 aliphatic rings. The molecule has 5 heteroatoms. The van der Waals surface area contributed by atoms with Gasteiger partial charge in [-0.2, -0.15) is 0 Å². The molecule has 5 nitrogen and oxygen atoms in total. The molecule has 0 aromatic carbocycles. The number of carbonyl (C=O) groups excluding carboxylic acids is 2. The monoisotopic (exact) mass is 201 g/mol. The maximum absolute atomic E-state index is 11.5. The Morgan fingerprint density at radius 2 is 2.00 bits per heavy atom. The van der Waals surface area contributed by atoms with Crippen molar-refractivity contribution in [1.82, 2.24) is 4.90 Å². The van der Waals surface area contributed by atoms with Crippen molar-refractivity contribution in [2.24, 2.45) is 11.5 Å². The summed E-state index contributed by atoms with van der Waals surface area (Å²) in [7, 11) is 1.53. The van der Waals surface area contributed by atoms with E-state index in [2.05, 4.69) is 0 Å². The standard InChI is InChI=1S/C9H19N3O2/c1-3-4-5-7(10)9(14)12(2)6-8(11)13/h7H,3-6,10H2,1-2H3,(H2,11,13)/t7-/m0/s1. The van der Waals surface area contributed by atoms with E-state index in [4.69, 9.17) is 11.5 Å². The largest absolute Gasteiger partial charge is 0.368 e. The number of hydrogen-bond acceptors (Lipinski definition) is 3. The molecule has 0 aliphatic carbocycles. The average Bonchev–Trinajstić information content (AvgIpc) is 2.11. The van der Waals surface area contributed by atoms with Crippen LogP contribution in [-0.2, 0) is 9.59 Å². The lowest BCUT2D eigenvalue weighted by atomic mass is 10.1.